The zero-order valence-corrected chi connectivity index (χ0v) is 13.0. The first-order valence-electron chi connectivity index (χ1n) is 6.57. The lowest BCUT2D eigenvalue weighted by Crippen LogP contribution is -2.40. The number of ether oxygens (including phenoxy) is 2. The fourth-order valence-electron chi connectivity index (χ4n) is 2.01. The van der Waals surface area contributed by atoms with Crippen LogP contribution >= 0.6 is 0 Å². The molecule has 116 valence electrons. The van der Waals surface area contributed by atoms with Crippen molar-refractivity contribution in [3.05, 3.63) is 23.3 Å². The minimum atomic E-state index is -1.05. The van der Waals surface area contributed by atoms with Gasteiger partial charge in [-0.2, -0.15) is 0 Å². The van der Waals surface area contributed by atoms with Crippen LogP contribution in [0.1, 0.15) is 29.8 Å². The summed E-state index contributed by atoms with van der Waals surface area (Å²) in [6.45, 7) is 5.01. The monoisotopic (exact) mass is 295 g/mol. The van der Waals surface area contributed by atoms with Crippen LogP contribution in [0.25, 0.3) is 0 Å². The van der Waals surface area contributed by atoms with E-state index in [1.165, 1.54) is 19.1 Å². The molecule has 0 heterocycles. The Morgan fingerprint density at radius 1 is 1.19 bits per heavy atom. The Hall–Kier alpha value is -2.24. The van der Waals surface area contributed by atoms with Crippen LogP contribution in [0.5, 0.6) is 11.5 Å². The van der Waals surface area contributed by atoms with E-state index in [0.29, 0.717) is 17.1 Å². The van der Waals surface area contributed by atoms with Gasteiger partial charge in [-0.1, -0.05) is 0 Å². The average Bonchev–Trinajstić information content (AvgIpc) is 2.43. The first kappa shape index (κ1) is 16.8. The quantitative estimate of drug-likeness (QED) is 0.868. The van der Waals surface area contributed by atoms with Crippen LogP contribution in [0.4, 0.5) is 0 Å². The molecule has 0 radical (unpaired) electrons. The zero-order valence-electron chi connectivity index (χ0n) is 13.0. The number of hydrogen-bond acceptors (Lipinski definition) is 4. The van der Waals surface area contributed by atoms with Gasteiger partial charge in [-0.25, -0.2) is 0 Å². The number of benzene rings is 1. The largest absolute Gasteiger partial charge is 0.496 e. The molecule has 0 aliphatic rings. The normalized spacial score (nSPS) is 10.4. The molecule has 6 heteroatoms. The van der Waals surface area contributed by atoms with Gasteiger partial charge in [-0.3, -0.25) is 9.59 Å². The number of hydrogen-bond donors (Lipinski definition) is 1. The van der Waals surface area contributed by atoms with E-state index >= 15 is 0 Å². The minimum absolute atomic E-state index is 0.230. The van der Waals surface area contributed by atoms with Crippen molar-refractivity contribution in [3.63, 3.8) is 0 Å². The predicted octanol–water partition coefficient (Wildman–Crippen LogP) is 1.95. The van der Waals surface area contributed by atoms with Crippen molar-refractivity contribution in [2.45, 2.75) is 26.8 Å². The van der Waals surface area contributed by atoms with Crippen molar-refractivity contribution in [2.75, 3.05) is 20.8 Å². The molecule has 1 aromatic rings. The number of amides is 1. The topological polar surface area (TPSA) is 76.1 Å². The molecule has 0 saturated carbocycles. The van der Waals surface area contributed by atoms with E-state index in [4.69, 9.17) is 14.6 Å². The van der Waals surface area contributed by atoms with E-state index in [1.807, 2.05) is 6.92 Å². The summed E-state index contributed by atoms with van der Waals surface area (Å²) >= 11 is 0. The van der Waals surface area contributed by atoms with Crippen molar-refractivity contribution in [1.29, 1.82) is 0 Å². The summed E-state index contributed by atoms with van der Waals surface area (Å²) in [5.74, 6) is -0.374. The molecule has 1 amide bonds. The first-order valence-corrected chi connectivity index (χ1v) is 6.57. The molecule has 1 N–H and O–H groups in total. The molecule has 0 saturated heterocycles. The summed E-state index contributed by atoms with van der Waals surface area (Å²) < 4.78 is 10.5. The molecule has 0 unspecified atom stereocenters. The molecule has 0 atom stereocenters. The Labute approximate surface area is 124 Å². The van der Waals surface area contributed by atoms with Crippen molar-refractivity contribution < 1.29 is 24.2 Å². The second kappa shape index (κ2) is 6.97. The highest BCUT2D eigenvalue weighted by Crippen LogP contribution is 2.30. The smallest absolute Gasteiger partial charge is 0.323 e. The lowest BCUT2D eigenvalue weighted by Gasteiger charge is -2.25. The molecule has 21 heavy (non-hydrogen) atoms. The number of carbonyl (C=O) groups is 2. The van der Waals surface area contributed by atoms with Crippen molar-refractivity contribution in [3.8, 4) is 11.5 Å². The summed E-state index contributed by atoms with van der Waals surface area (Å²) in [6.07, 6.45) is 0. The molecule has 6 nitrogen and oxygen atoms in total. The van der Waals surface area contributed by atoms with Gasteiger partial charge in [0.25, 0.3) is 5.91 Å². The molecule has 0 fully saturated rings. The number of aliphatic carboxylic acids is 1. The van der Waals surface area contributed by atoms with Crippen LogP contribution in [0.15, 0.2) is 12.1 Å². The Morgan fingerprint density at radius 2 is 1.67 bits per heavy atom. The Bertz CT molecular complexity index is 514. The number of carboxylic acids is 1. The van der Waals surface area contributed by atoms with Crippen LogP contribution in [-0.4, -0.2) is 48.7 Å². The molecular formula is C15H21NO5. The van der Waals surface area contributed by atoms with Crippen LogP contribution in [0.3, 0.4) is 0 Å². The Balaban J connectivity index is 3.24. The van der Waals surface area contributed by atoms with Crippen LogP contribution < -0.4 is 9.47 Å². The lowest BCUT2D eigenvalue weighted by atomic mass is 10.1. The minimum Gasteiger partial charge on any atom is -0.496 e. The van der Waals surface area contributed by atoms with Gasteiger partial charge in [0.05, 0.1) is 14.2 Å². The maximum atomic E-state index is 12.5. The highest BCUT2D eigenvalue weighted by molar-refractivity contribution is 5.97. The van der Waals surface area contributed by atoms with Gasteiger partial charge in [0.1, 0.15) is 18.0 Å². The van der Waals surface area contributed by atoms with Crippen LogP contribution in [-0.2, 0) is 4.79 Å². The lowest BCUT2D eigenvalue weighted by molar-refractivity contribution is -0.138. The van der Waals surface area contributed by atoms with Crippen LogP contribution in [0, 0.1) is 6.92 Å². The maximum absolute atomic E-state index is 12.5. The van der Waals surface area contributed by atoms with Gasteiger partial charge in [-0.15, -0.1) is 0 Å². The fourth-order valence-corrected chi connectivity index (χ4v) is 2.01. The number of methoxy groups -OCH3 is 2. The van der Waals surface area contributed by atoms with Gasteiger partial charge >= 0.3 is 5.97 Å². The highest BCUT2D eigenvalue weighted by Gasteiger charge is 2.23. The highest BCUT2D eigenvalue weighted by atomic mass is 16.5. The van der Waals surface area contributed by atoms with E-state index in [-0.39, 0.29) is 18.5 Å². The van der Waals surface area contributed by atoms with E-state index in [1.54, 1.807) is 26.0 Å². The van der Waals surface area contributed by atoms with E-state index < -0.39 is 5.97 Å². The van der Waals surface area contributed by atoms with E-state index in [0.717, 1.165) is 5.56 Å². The van der Waals surface area contributed by atoms with Gasteiger partial charge in [0, 0.05) is 17.2 Å². The second-order valence-electron chi connectivity index (χ2n) is 4.93. The second-order valence-corrected chi connectivity index (χ2v) is 4.93. The summed E-state index contributed by atoms with van der Waals surface area (Å²) in [4.78, 5) is 24.7. The molecule has 0 spiro atoms. The van der Waals surface area contributed by atoms with Crippen molar-refractivity contribution in [2.24, 2.45) is 0 Å². The third kappa shape index (κ3) is 3.87. The molecular weight excluding hydrogens is 274 g/mol. The summed E-state index contributed by atoms with van der Waals surface area (Å²) in [5.41, 5.74) is 1.12. The molecule has 0 aliphatic carbocycles. The van der Waals surface area contributed by atoms with Crippen molar-refractivity contribution >= 4 is 11.9 Å². The van der Waals surface area contributed by atoms with Gasteiger partial charge in [-0.05, 0) is 32.9 Å². The first-order chi connectivity index (χ1) is 9.81. The zero-order chi connectivity index (χ0) is 16.2. The number of nitrogens with zero attached hydrogens (tertiary/aromatic N) is 1. The van der Waals surface area contributed by atoms with Gasteiger partial charge < -0.3 is 19.5 Å². The van der Waals surface area contributed by atoms with Crippen molar-refractivity contribution in [1.82, 2.24) is 4.90 Å². The summed E-state index contributed by atoms with van der Waals surface area (Å²) in [6, 6.07) is 2.96. The molecule has 0 bridgehead atoms. The van der Waals surface area contributed by atoms with E-state index in [2.05, 4.69) is 0 Å². The molecule has 1 rings (SSSR count). The molecule has 0 aromatic heterocycles. The van der Waals surface area contributed by atoms with Gasteiger partial charge in [0.15, 0.2) is 0 Å². The van der Waals surface area contributed by atoms with Crippen LogP contribution in [0.2, 0.25) is 0 Å². The number of carboxylic acid groups (broad SMARTS) is 1. The standard InChI is InChI=1S/C15H21NO5/c1-9(2)16(8-14(17)18)15(19)11-6-12(20-4)10(3)13(7-11)21-5/h6-7,9H,8H2,1-5H3,(H,17,18). The fraction of sp³-hybridized carbons (Fsp3) is 0.467. The Morgan fingerprint density at radius 3 is 2.00 bits per heavy atom. The molecule has 0 aliphatic heterocycles. The third-order valence-corrected chi connectivity index (χ3v) is 3.19. The summed E-state index contributed by atoms with van der Waals surface area (Å²) in [5, 5.41) is 8.93. The SMILES string of the molecule is COc1cc(C(=O)N(CC(=O)O)C(C)C)cc(OC)c1C. The maximum Gasteiger partial charge on any atom is 0.323 e. The number of rotatable bonds is 6. The third-order valence-electron chi connectivity index (χ3n) is 3.19. The average molecular weight is 295 g/mol. The number of carbonyl (C=O) groups excluding carboxylic acids is 1. The van der Waals surface area contributed by atoms with Gasteiger partial charge in [0.2, 0.25) is 0 Å². The van der Waals surface area contributed by atoms with E-state index in [9.17, 15) is 9.59 Å². The Kier molecular flexibility index (Phi) is 5.58. The molecule has 1 aromatic carbocycles. The predicted molar refractivity (Wildman–Crippen MR) is 78.1 cm³/mol. The summed E-state index contributed by atoms with van der Waals surface area (Å²) in [7, 11) is 3.01.